The number of aromatic nitrogens is 5. The van der Waals surface area contributed by atoms with E-state index in [4.69, 9.17) is 11.6 Å². The summed E-state index contributed by atoms with van der Waals surface area (Å²) in [6.07, 6.45) is 3.35. The largest absolute Gasteiger partial charge is 0.349 e. The Bertz CT molecular complexity index is 526. The van der Waals surface area contributed by atoms with Crippen LogP contribution in [0.5, 0.6) is 0 Å². The van der Waals surface area contributed by atoms with Crippen LogP contribution in [0.25, 0.3) is 5.95 Å². The van der Waals surface area contributed by atoms with Gasteiger partial charge in [0.25, 0.3) is 5.95 Å². The number of nitrogens with one attached hydrogen (secondary N) is 1. The minimum Gasteiger partial charge on any atom is -0.349 e. The summed E-state index contributed by atoms with van der Waals surface area (Å²) in [6.45, 7) is 4.20. The summed E-state index contributed by atoms with van der Waals surface area (Å²) in [6, 6.07) is 1.77. The van der Waals surface area contributed by atoms with Crippen molar-refractivity contribution in [2.75, 3.05) is 11.9 Å². The zero-order valence-corrected chi connectivity index (χ0v) is 11.0. The van der Waals surface area contributed by atoms with Crippen molar-refractivity contribution in [3.8, 4) is 5.95 Å². The molecule has 0 saturated heterocycles. The highest BCUT2D eigenvalue weighted by Crippen LogP contribution is 2.10. The molecular weight excluding hydrogens is 307 g/mol. The Morgan fingerprint density at radius 1 is 1.47 bits per heavy atom. The molecule has 0 atom stereocenters. The monoisotopic (exact) mass is 314 g/mol. The fourth-order valence-electron chi connectivity index (χ4n) is 1.08. The molecule has 2 aromatic rings. The van der Waals surface area contributed by atoms with Crippen LogP contribution in [-0.2, 0) is 0 Å². The summed E-state index contributed by atoms with van der Waals surface area (Å²) in [5.41, 5.74) is 0. The van der Waals surface area contributed by atoms with Gasteiger partial charge in [0, 0.05) is 23.4 Å². The second kappa shape index (κ2) is 5.24. The van der Waals surface area contributed by atoms with Crippen molar-refractivity contribution >= 4 is 33.5 Å². The van der Waals surface area contributed by atoms with Crippen molar-refractivity contribution in [2.45, 2.75) is 0 Å². The van der Waals surface area contributed by atoms with E-state index in [0.29, 0.717) is 18.4 Å². The van der Waals surface area contributed by atoms with Crippen molar-refractivity contribution in [2.24, 2.45) is 0 Å². The van der Waals surface area contributed by atoms with E-state index in [1.807, 2.05) is 0 Å². The molecule has 0 radical (unpaired) electrons. The second-order valence-corrected chi connectivity index (χ2v) is 4.51. The van der Waals surface area contributed by atoms with Crippen LogP contribution < -0.4 is 5.32 Å². The van der Waals surface area contributed by atoms with E-state index in [1.165, 1.54) is 4.68 Å². The molecule has 0 bridgehead atoms. The number of hydrogen-bond donors (Lipinski definition) is 1. The fraction of sp³-hybridized carbons (Fsp3) is 0.111. The molecule has 0 aliphatic heterocycles. The molecule has 0 aromatic carbocycles. The lowest BCUT2D eigenvalue weighted by molar-refractivity contribution is 0.796. The number of hydrogen-bond acceptors (Lipinski definition) is 5. The van der Waals surface area contributed by atoms with Gasteiger partial charge in [0.2, 0.25) is 11.2 Å². The first-order chi connectivity index (χ1) is 8.15. The highest BCUT2D eigenvalue weighted by Gasteiger charge is 2.06. The Balaban J connectivity index is 2.26. The summed E-state index contributed by atoms with van der Waals surface area (Å²) in [5.74, 6) is 0.730. The normalized spacial score (nSPS) is 10.2. The minimum atomic E-state index is 0.105. The number of nitrogens with zero attached hydrogens (tertiary/aromatic N) is 5. The van der Waals surface area contributed by atoms with Crippen LogP contribution in [0.4, 0.5) is 5.95 Å². The molecule has 0 saturated carbocycles. The molecule has 2 heterocycles. The zero-order valence-electron chi connectivity index (χ0n) is 8.64. The fourth-order valence-corrected chi connectivity index (χ4v) is 1.38. The lowest BCUT2D eigenvalue weighted by Gasteiger charge is -2.05. The summed E-state index contributed by atoms with van der Waals surface area (Å²) < 4.78 is 2.29. The first kappa shape index (κ1) is 12.0. The van der Waals surface area contributed by atoms with Crippen molar-refractivity contribution < 1.29 is 0 Å². The highest BCUT2D eigenvalue weighted by atomic mass is 79.9. The summed E-state index contributed by atoms with van der Waals surface area (Å²) in [4.78, 5) is 12.1. The third-order valence-corrected chi connectivity index (χ3v) is 2.19. The van der Waals surface area contributed by atoms with E-state index < -0.39 is 0 Å². The maximum atomic E-state index is 5.80. The molecule has 0 unspecified atom stereocenters. The smallest absolute Gasteiger partial charge is 0.256 e. The van der Waals surface area contributed by atoms with Crippen molar-refractivity contribution in [3.05, 3.63) is 34.8 Å². The Morgan fingerprint density at radius 2 is 2.29 bits per heavy atom. The molecule has 17 heavy (non-hydrogen) atoms. The Morgan fingerprint density at radius 3 is 2.94 bits per heavy atom. The number of halogens is 2. The molecule has 2 aromatic heterocycles. The number of anilines is 1. The lowest BCUT2D eigenvalue weighted by atomic mass is 10.6. The van der Waals surface area contributed by atoms with E-state index in [9.17, 15) is 0 Å². The molecule has 8 heteroatoms. The van der Waals surface area contributed by atoms with Gasteiger partial charge in [0.15, 0.2) is 0 Å². The molecule has 88 valence electrons. The third-order valence-electron chi connectivity index (χ3n) is 1.74. The van der Waals surface area contributed by atoms with Crippen LogP contribution in [-0.4, -0.2) is 31.3 Å². The summed E-state index contributed by atoms with van der Waals surface area (Å²) in [5, 5.41) is 7.07. The molecule has 0 amide bonds. The summed E-state index contributed by atoms with van der Waals surface area (Å²) in [7, 11) is 0. The van der Waals surface area contributed by atoms with E-state index in [2.05, 4.69) is 47.9 Å². The lowest BCUT2D eigenvalue weighted by Crippen LogP contribution is -2.10. The number of rotatable bonds is 4. The van der Waals surface area contributed by atoms with Gasteiger partial charge < -0.3 is 5.32 Å². The highest BCUT2D eigenvalue weighted by molar-refractivity contribution is 9.11. The van der Waals surface area contributed by atoms with Gasteiger partial charge in [0.05, 0.1) is 0 Å². The van der Waals surface area contributed by atoms with E-state index >= 15 is 0 Å². The standard InChI is InChI=1S/C9H8BrClN6/c1-6(10)5-12-8-14-7(11)15-9(16-8)17-4-2-3-13-17/h2-4H,1,5H2,(H,12,14,15,16). The molecule has 2 rings (SSSR count). The van der Waals surface area contributed by atoms with Crippen LogP contribution in [0.1, 0.15) is 0 Å². The van der Waals surface area contributed by atoms with Crippen LogP contribution in [0, 0.1) is 0 Å². The summed E-state index contributed by atoms with van der Waals surface area (Å²) >= 11 is 9.03. The zero-order chi connectivity index (χ0) is 12.3. The molecule has 0 spiro atoms. The Kier molecular flexibility index (Phi) is 3.70. The second-order valence-electron chi connectivity index (χ2n) is 3.05. The van der Waals surface area contributed by atoms with Gasteiger partial charge >= 0.3 is 0 Å². The van der Waals surface area contributed by atoms with E-state index in [0.717, 1.165) is 4.48 Å². The van der Waals surface area contributed by atoms with Crippen molar-refractivity contribution in [1.29, 1.82) is 0 Å². The molecular formula is C9H8BrClN6. The molecule has 0 aliphatic rings. The van der Waals surface area contributed by atoms with Gasteiger partial charge in [-0.15, -0.1) is 0 Å². The van der Waals surface area contributed by atoms with Gasteiger partial charge in [-0.1, -0.05) is 22.5 Å². The van der Waals surface area contributed by atoms with Crippen LogP contribution >= 0.6 is 27.5 Å². The average Bonchev–Trinajstić information content (AvgIpc) is 2.79. The van der Waals surface area contributed by atoms with Crippen molar-refractivity contribution in [3.63, 3.8) is 0 Å². The van der Waals surface area contributed by atoms with Gasteiger partial charge in [-0.25, -0.2) is 4.68 Å². The molecule has 0 aliphatic carbocycles. The third kappa shape index (κ3) is 3.24. The Labute approximate surface area is 111 Å². The maximum absolute atomic E-state index is 5.80. The van der Waals surface area contributed by atoms with Crippen LogP contribution in [0.15, 0.2) is 29.5 Å². The first-order valence-corrected chi connectivity index (χ1v) is 5.81. The quantitative estimate of drug-likeness (QED) is 0.935. The van der Waals surface area contributed by atoms with Crippen LogP contribution in [0.3, 0.4) is 0 Å². The predicted octanol–water partition coefficient (Wildman–Crippen LogP) is 2.03. The SMILES string of the molecule is C=C(Br)CNc1nc(Cl)nc(-n2cccn2)n1. The average molecular weight is 316 g/mol. The van der Waals surface area contributed by atoms with Gasteiger partial charge in [-0.3, -0.25) is 0 Å². The van der Waals surface area contributed by atoms with Crippen molar-refractivity contribution in [1.82, 2.24) is 24.7 Å². The van der Waals surface area contributed by atoms with Gasteiger partial charge in [0.1, 0.15) is 0 Å². The van der Waals surface area contributed by atoms with E-state index in [-0.39, 0.29) is 5.28 Å². The molecule has 6 nitrogen and oxygen atoms in total. The van der Waals surface area contributed by atoms with Gasteiger partial charge in [-0.2, -0.15) is 20.1 Å². The maximum Gasteiger partial charge on any atom is 0.256 e. The van der Waals surface area contributed by atoms with Crippen LogP contribution in [0.2, 0.25) is 5.28 Å². The topological polar surface area (TPSA) is 68.5 Å². The van der Waals surface area contributed by atoms with E-state index in [1.54, 1.807) is 18.5 Å². The Hall–Kier alpha value is -1.47. The minimum absolute atomic E-state index is 0.105. The molecule has 1 N–H and O–H groups in total. The predicted molar refractivity (Wildman–Crippen MR) is 68.5 cm³/mol. The first-order valence-electron chi connectivity index (χ1n) is 4.64. The molecule has 0 fully saturated rings. The van der Waals surface area contributed by atoms with Gasteiger partial charge in [-0.05, 0) is 17.7 Å².